The van der Waals surface area contributed by atoms with Crippen molar-refractivity contribution in [3.05, 3.63) is 166 Å². The van der Waals surface area contributed by atoms with Gasteiger partial charge in [-0.15, -0.1) is 0 Å². The first kappa shape index (κ1) is 40.4. The van der Waals surface area contributed by atoms with Crippen LogP contribution in [0.3, 0.4) is 0 Å². The molecule has 1 saturated carbocycles. The van der Waals surface area contributed by atoms with Gasteiger partial charge < -0.3 is 19.7 Å². The van der Waals surface area contributed by atoms with Crippen LogP contribution in [-0.2, 0) is 24.7 Å². The predicted molar refractivity (Wildman–Crippen MR) is 233 cm³/mol. The van der Waals surface area contributed by atoms with Gasteiger partial charge in [0.25, 0.3) is 0 Å². The maximum Gasteiger partial charge on any atom is 0.407 e. The Morgan fingerprint density at radius 2 is 1.41 bits per heavy atom. The molecule has 7 nitrogen and oxygen atoms in total. The molecule has 0 bridgehead atoms. The number of esters is 1. The van der Waals surface area contributed by atoms with Gasteiger partial charge in [-0.1, -0.05) is 158 Å². The molecule has 4 aliphatic rings. The first-order valence-corrected chi connectivity index (χ1v) is 21.8. The molecule has 0 spiro atoms. The molecule has 4 aromatic carbocycles. The summed E-state index contributed by atoms with van der Waals surface area (Å²) in [5, 5.41) is 3.24. The minimum atomic E-state index is -1.46. The van der Waals surface area contributed by atoms with Crippen molar-refractivity contribution in [2.75, 3.05) is 19.7 Å². The number of likely N-dealkylation sites (tertiary alicyclic amines) is 1. The lowest BCUT2D eigenvalue weighted by atomic mass is 9.79. The molecule has 2 amide bonds. The van der Waals surface area contributed by atoms with Crippen molar-refractivity contribution in [3.63, 3.8) is 0 Å². The molecule has 2 fully saturated rings. The Bertz CT molecular complexity index is 2190. The maximum absolute atomic E-state index is 14.7. The van der Waals surface area contributed by atoms with Crippen molar-refractivity contribution in [1.82, 2.24) is 10.2 Å². The molecular formula is C51H53ClN2O5. The van der Waals surface area contributed by atoms with Crippen molar-refractivity contribution < 1.29 is 23.9 Å². The number of halogens is 1. The number of amides is 2. The Kier molecular flexibility index (Phi) is 12.8. The molecule has 3 aliphatic carbocycles. The number of carbonyl (C=O) groups excluding carboxylic acids is 3. The smallest absolute Gasteiger partial charge is 0.407 e. The van der Waals surface area contributed by atoms with Crippen molar-refractivity contribution in [3.8, 4) is 11.1 Å². The zero-order valence-electron chi connectivity index (χ0n) is 33.6. The van der Waals surface area contributed by atoms with Crippen LogP contribution in [0.25, 0.3) is 11.1 Å². The number of benzene rings is 4. The quantitative estimate of drug-likeness (QED) is 0.144. The highest BCUT2D eigenvalue weighted by atomic mass is 35.5. The number of nitrogens with one attached hydrogen (secondary N) is 1. The largest absolute Gasteiger partial charge is 0.450 e. The summed E-state index contributed by atoms with van der Waals surface area (Å²) in [6.45, 7) is 1.25. The molecule has 304 valence electrons. The lowest BCUT2D eigenvalue weighted by Crippen LogP contribution is -2.51. The fourth-order valence-corrected chi connectivity index (χ4v) is 9.93. The van der Waals surface area contributed by atoms with Gasteiger partial charge in [0.1, 0.15) is 6.04 Å². The van der Waals surface area contributed by atoms with Gasteiger partial charge in [-0.05, 0) is 79.2 Å². The molecule has 8 rings (SSSR count). The number of allylic oxidation sites excluding steroid dienone is 4. The van der Waals surface area contributed by atoms with Crippen LogP contribution in [0.5, 0.6) is 0 Å². The van der Waals surface area contributed by atoms with E-state index >= 15 is 0 Å². The third-order valence-corrected chi connectivity index (χ3v) is 12.9. The van der Waals surface area contributed by atoms with Gasteiger partial charge in [-0.25, -0.2) is 4.79 Å². The second-order valence-corrected chi connectivity index (χ2v) is 16.7. The van der Waals surface area contributed by atoms with E-state index in [1.165, 1.54) is 59.9 Å². The summed E-state index contributed by atoms with van der Waals surface area (Å²) in [5.74, 6) is -0.379. The van der Waals surface area contributed by atoms with Gasteiger partial charge in [0, 0.05) is 40.7 Å². The van der Waals surface area contributed by atoms with E-state index in [4.69, 9.17) is 21.1 Å². The van der Waals surface area contributed by atoms with Crippen molar-refractivity contribution in [2.24, 2.45) is 5.92 Å². The van der Waals surface area contributed by atoms with Crippen molar-refractivity contribution in [2.45, 2.75) is 88.2 Å². The van der Waals surface area contributed by atoms with Crippen molar-refractivity contribution in [1.29, 1.82) is 0 Å². The molecule has 1 N–H and O–H groups in total. The van der Waals surface area contributed by atoms with Gasteiger partial charge in [-0.2, -0.15) is 0 Å². The molecule has 0 radical (unpaired) electrons. The SMILES string of the molecule is O=C(C[C@H](NC(=O)OCCC1c2ccccc2-c2ccccc21)C(=O)N1CCCCC1)OC(C1=CC=C(C2CCCCC2)CC=C1)(c1ccccc1)c1ccccc1Cl. The standard InChI is InChI=1S/C51H53ClN2O5/c52-46-28-13-12-27-45(46)51(38-20-6-2-7-21-38,39-22-16-19-37(29-30-39)36-17-4-1-5-18-36)59-48(55)35-47(49(56)54-32-14-3-15-33-54)53-50(57)58-34-31-44-42-25-10-8-23-40(42)41-24-9-11-26-43(41)44/h2,6-13,16,20-30,36,44,47H,1,3-5,14-15,17-19,31-35H2,(H,53,57)/t47-,51?/m0/s1. The molecule has 2 atom stereocenters. The van der Waals surface area contributed by atoms with Gasteiger partial charge >= 0.3 is 12.1 Å². The molecule has 59 heavy (non-hydrogen) atoms. The second kappa shape index (κ2) is 18.7. The van der Waals surface area contributed by atoms with Crippen LogP contribution < -0.4 is 5.32 Å². The summed E-state index contributed by atoms with van der Waals surface area (Å²) in [4.78, 5) is 44.2. The second-order valence-electron chi connectivity index (χ2n) is 16.2. The Hall–Kier alpha value is -5.40. The number of rotatable bonds is 12. The number of fused-ring (bicyclic) bond motifs is 3. The minimum absolute atomic E-state index is 0.0767. The van der Waals surface area contributed by atoms with Crippen LogP contribution in [0.1, 0.15) is 98.8 Å². The highest BCUT2D eigenvalue weighted by molar-refractivity contribution is 6.31. The number of ether oxygens (including phenoxy) is 2. The van der Waals surface area contributed by atoms with Crippen LogP contribution in [0.2, 0.25) is 5.02 Å². The van der Waals surface area contributed by atoms with Crippen LogP contribution in [-0.4, -0.2) is 48.6 Å². The van der Waals surface area contributed by atoms with E-state index < -0.39 is 30.1 Å². The summed E-state index contributed by atoms with van der Waals surface area (Å²) in [7, 11) is 0. The average molecular weight is 809 g/mol. The fraction of sp³-hybridized carbons (Fsp3) is 0.353. The summed E-state index contributed by atoms with van der Waals surface area (Å²) < 4.78 is 12.6. The van der Waals surface area contributed by atoms with E-state index in [9.17, 15) is 14.4 Å². The normalized spacial score (nSPS) is 18.3. The molecule has 1 aliphatic heterocycles. The Balaban J connectivity index is 1.06. The summed E-state index contributed by atoms with van der Waals surface area (Å²) in [5.41, 5.74) is 6.79. The van der Waals surface area contributed by atoms with E-state index in [1.807, 2.05) is 78.9 Å². The lowest BCUT2D eigenvalue weighted by molar-refractivity contribution is -0.156. The molecule has 8 heteroatoms. The van der Waals surface area contributed by atoms with Gasteiger partial charge in [0.15, 0.2) is 5.60 Å². The number of nitrogens with zero attached hydrogens (tertiary/aromatic N) is 1. The molecule has 0 aromatic heterocycles. The van der Waals surface area contributed by atoms with Crippen LogP contribution in [0, 0.1) is 5.92 Å². The van der Waals surface area contributed by atoms with Crippen LogP contribution in [0.4, 0.5) is 4.79 Å². The Morgan fingerprint density at radius 1 is 0.763 bits per heavy atom. The first-order valence-electron chi connectivity index (χ1n) is 21.4. The molecular weight excluding hydrogens is 756 g/mol. The third-order valence-electron chi connectivity index (χ3n) is 12.6. The topological polar surface area (TPSA) is 84.9 Å². The minimum Gasteiger partial charge on any atom is -0.450 e. The number of carbonyl (C=O) groups is 3. The van der Waals surface area contributed by atoms with Crippen molar-refractivity contribution >= 4 is 29.6 Å². The molecule has 1 heterocycles. The van der Waals surface area contributed by atoms with Gasteiger partial charge in [0.2, 0.25) is 5.91 Å². The van der Waals surface area contributed by atoms with E-state index in [-0.39, 0.29) is 18.4 Å². The van der Waals surface area contributed by atoms with E-state index in [0.717, 1.165) is 31.3 Å². The van der Waals surface area contributed by atoms with Crippen LogP contribution in [0.15, 0.2) is 139 Å². The van der Waals surface area contributed by atoms with Gasteiger partial charge in [0.05, 0.1) is 13.0 Å². The highest BCUT2D eigenvalue weighted by Crippen LogP contribution is 2.47. The number of hydrogen-bond donors (Lipinski definition) is 1. The summed E-state index contributed by atoms with van der Waals surface area (Å²) >= 11 is 7.04. The summed E-state index contributed by atoms with van der Waals surface area (Å²) in [6.07, 6.45) is 17.6. The highest BCUT2D eigenvalue weighted by Gasteiger charge is 2.44. The Morgan fingerprint density at radius 3 is 2.12 bits per heavy atom. The molecule has 1 unspecified atom stereocenters. The van der Waals surface area contributed by atoms with Crippen LogP contribution >= 0.6 is 11.6 Å². The maximum atomic E-state index is 14.7. The summed E-state index contributed by atoms with van der Waals surface area (Å²) in [6, 6.07) is 32.5. The first-order chi connectivity index (χ1) is 28.9. The lowest BCUT2D eigenvalue weighted by Gasteiger charge is -2.37. The number of piperidine rings is 1. The number of hydrogen-bond acceptors (Lipinski definition) is 5. The number of alkyl carbamates (subject to hydrolysis) is 1. The fourth-order valence-electron chi connectivity index (χ4n) is 9.66. The monoisotopic (exact) mass is 808 g/mol. The van der Waals surface area contributed by atoms with E-state index in [0.29, 0.717) is 41.6 Å². The van der Waals surface area contributed by atoms with E-state index in [1.54, 1.807) is 11.0 Å². The predicted octanol–water partition coefficient (Wildman–Crippen LogP) is 11.2. The molecule has 1 saturated heterocycles. The Labute approximate surface area is 353 Å². The van der Waals surface area contributed by atoms with E-state index in [2.05, 4.69) is 47.8 Å². The average Bonchev–Trinajstić information content (AvgIpc) is 3.39. The third kappa shape index (κ3) is 8.82. The zero-order chi connectivity index (χ0) is 40.6. The van der Waals surface area contributed by atoms with Gasteiger partial charge in [-0.3, -0.25) is 9.59 Å². The molecule has 4 aromatic rings. The zero-order valence-corrected chi connectivity index (χ0v) is 34.4.